The van der Waals surface area contributed by atoms with Crippen LogP contribution in [-0.4, -0.2) is 15.8 Å². The number of hydrogen-bond acceptors (Lipinski definition) is 5. The number of thiophene rings is 1. The standard InChI is InChI=1S/C18H17N3OS/c1-11-7-8-19-17(9-11)21-16-6-4-5-14(20-16)15-10-12(2)18(23-15)13(3)22/h4-10H,1-3H3,(H,19,20,21). The quantitative estimate of drug-likeness (QED) is 0.703. The van der Waals surface area contributed by atoms with Gasteiger partial charge in [0.25, 0.3) is 0 Å². The number of pyridine rings is 2. The summed E-state index contributed by atoms with van der Waals surface area (Å²) < 4.78 is 0. The highest BCUT2D eigenvalue weighted by Crippen LogP contribution is 2.31. The first-order valence-electron chi connectivity index (χ1n) is 7.31. The molecule has 0 atom stereocenters. The van der Waals surface area contributed by atoms with Crippen LogP contribution in [-0.2, 0) is 0 Å². The van der Waals surface area contributed by atoms with Crippen molar-refractivity contribution in [3.05, 3.63) is 58.6 Å². The minimum atomic E-state index is 0.0944. The molecular weight excluding hydrogens is 306 g/mol. The molecule has 0 aliphatic rings. The van der Waals surface area contributed by atoms with Crippen LogP contribution in [0.2, 0.25) is 0 Å². The van der Waals surface area contributed by atoms with Crippen molar-refractivity contribution in [1.29, 1.82) is 0 Å². The summed E-state index contributed by atoms with van der Waals surface area (Å²) in [5.41, 5.74) is 2.99. The van der Waals surface area contributed by atoms with Crippen LogP contribution in [0.15, 0.2) is 42.6 Å². The van der Waals surface area contributed by atoms with Crippen LogP contribution in [0.5, 0.6) is 0 Å². The maximum Gasteiger partial charge on any atom is 0.170 e. The smallest absolute Gasteiger partial charge is 0.170 e. The van der Waals surface area contributed by atoms with Crippen LogP contribution in [0.4, 0.5) is 11.6 Å². The van der Waals surface area contributed by atoms with Crippen molar-refractivity contribution >= 4 is 28.8 Å². The van der Waals surface area contributed by atoms with E-state index in [0.29, 0.717) is 0 Å². The number of carbonyl (C=O) groups excluding carboxylic acids is 1. The number of nitrogens with one attached hydrogen (secondary N) is 1. The molecule has 0 spiro atoms. The molecule has 116 valence electrons. The summed E-state index contributed by atoms with van der Waals surface area (Å²) >= 11 is 1.48. The Balaban J connectivity index is 1.91. The fourth-order valence-electron chi connectivity index (χ4n) is 2.34. The Kier molecular flexibility index (Phi) is 4.21. The monoisotopic (exact) mass is 323 g/mol. The van der Waals surface area contributed by atoms with E-state index in [1.807, 2.05) is 50.2 Å². The van der Waals surface area contributed by atoms with Crippen molar-refractivity contribution in [1.82, 2.24) is 9.97 Å². The second kappa shape index (κ2) is 6.30. The third kappa shape index (κ3) is 3.46. The van der Waals surface area contributed by atoms with E-state index in [2.05, 4.69) is 15.3 Å². The summed E-state index contributed by atoms with van der Waals surface area (Å²) in [5, 5.41) is 3.21. The molecule has 0 amide bonds. The van der Waals surface area contributed by atoms with Gasteiger partial charge < -0.3 is 5.32 Å². The van der Waals surface area contributed by atoms with Gasteiger partial charge in [0.15, 0.2) is 5.78 Å². The molecule has 0 aliphatic heterocycles. The predicted octanol–water partition coefficient (Wildman–Crippen LogP) is 4.77. The Hall–Kier alpha value is -2.53. The second-order valence-corrected chi connectivity index (χ2v) is 6.48. The van der Waals surface area contributed by atoms with E-state index in [4.69, 9.17) is 0 Å². The molecule has 0 bridgehead atoms. The van der Waals surface area contributed by atoms with Crippen molar-refractivity contribution in [3.8, 4) is 10.6 Å². The number of Topliss-reactive ketones (excluding diaryl/α,β-unsaturated/α-hetero) is 1. The molecule has 0 unspecified atom stereocenters. The lowest BCUT2D eigenvalue weighted by molar-refractivity contribution is 0.102. The summed E-state index contributed by atoms with van der Waals surface area (Å²) in [6.07, 6.45) is 1.77. The number of ketones is 1. The Morgan fingerprint density at radius 2 is 1.96 bits per heavy atom. The van der Waals surface area contributed by atoms with Gasteiger partial charge >= 0.3 is 0 Å². The number of aromatic nitrogens is 2. The average Bonchev–Trinajstić information content (AvgIpc) is 2.90. The van der Waals surface area contributed by atoms with Gasteiger partial charge in [-0.05, 0) is 62.2 Å². The molecule has 3 rings (SSSR count). The second-order valence-electron chi connectivity index (χ2n) is 5.43. The molecule has 0 radical (unpaired) electrons. The zero-order chi connectivity index (χ0) is 16.4. The number of carbonyl (C=O) groups is 1. The Labute approximate surface area is 139 Å². The first-order valence-corrected chi connectivity index (χ1v) is 8.13. The third-order valence-electron chi connectivity index (χ3n) is 3.41. The fraction of sp³-hybridized carbons (Fsp3) is 0.167. The van der Waals surface area contributed by atoms with E-state index in [1.165, 1.54) is 11.3 Å². The Morgan fingerprint density at radius 3 is 2.65 bits per heavy atom. The summed E-state index contributed by atoms with van der Waals surface area (Å²) in [6, 6.07) is 11.7. The summed E-state index contributed by atoms with van der Waals surface area (Å²) in [6.45, 7) is 5.57. The lowest BCUT2D eigenvalue weighted by Crippen LogP contribution is -1.96. The van der Waals surface area contributed by atoms with Crippen molar-refractivity contribution in [2.24, 2.45) is 0 Å². The molecule has 0 aromatic carbocycles. The fourth-order valence-corrected chi connectivity index (χ4v) is 3.37. The van der Waals surface area contributed by atoms with Gasteiger partial charge in [-0.2, -0.15) is 0 Å². The molecule has 1 N–H and O–H groups in total. The van der Waals surface area contributed by atoms with Crippen molar-refractivity contribution < 1.29 is 4.79 Å². The zero-order valence-corrected chi connectivity index (χ0v) is 14.1. The molecule has 0 aliphatic carbocycles. The van der Waals surface area contributed by atoms with Crippen LogP contribution >= 0.6 is 11.3 Å². The summed E-state index contributed by atoms with van der Waals surface area (Å²) in [4.78, 5) is 22.3. The lowest BCUT2D eigenvalue weighted by Gasteiger charge is -2.06. The highest BCUT2D eigenvalue weighted by atomic mass is 32.1. The van der Waals surface area contributed by atoms with E-state index < -0.39 is 0 Å². The van der Waals surface area contributed by atoms with Crippen LogP contribution in [0, 0.1) is 13.8 Å². The van der Waals surface area contributed by atoms with E-state index in [-0.39, 0.29) is 5.78 Å². The normalized spacial score (nSPS) is 10.6. The Morgan fingerprint density at radius 1 is 1.13 bits per heavy atom. The van der Waals surface area contributed by atoms with Gasteiger partial charge in [0.2, 0.25) is 0 Å². The van der Waals surface area contributed by atoms with E-state index in [1.54, 1.807) is 13.1 Å². The molecule has 3 heterocycles. The van der Waals surface area contributed by atoms with Gasteiger partial charge in [0, 0.05) is 6.20 Å². The lowest BCUT2D eigenvalue weighted by atomic mass is 10.2. The third-order valence-corrected chi connectivity index (χ3v) is 4.77. The SMILES string of the molecule is CC(=O)c1sc(-c2cccc(Nc3cc(C)ccn3)n2)cc1C. The molecule has 4 nitrogen and oxygen atoms in total. The minimum Gasteiger partial charge on any atom is -0.325 e. The number of aryl methyl sites for hydroxylation is 2. The van der Waals surface area contributed by atoms with Crippen molar-refractivity contribution in [3.63, 3.8) is 0 Å². The molecule has 0 saturated heterocycles. The molecule has 5 heteroatoms. The van der Waals surface area contributed by atoms with Gasteiger partial charge in [0.1, 0.15) is 11.6 Å². The van der Waals surface area contributed by atoms with Crippen LogP contribution in [0.25, 0.3) is 10.6 Å². The highest BCUT2D eigenvalue weighted by molar-refractivity contribution is 7.17. The summed E-state index contributed by atoms with van der Waals surface area (Å²) in [5.74, 6) is 1.59. The number of rotatable bonds is 4. The van der Waals surface area contributed by atoms with Crippen LogP contribution < -0.4 is 5.32 Å². The number of hydrogen-bond donors (Lipinski definition) is 1. The largest absolute Gasteiger partial charge is 0.325 e. The number of anilines is 2. The highest BCUT2D eigenvalue weighted by Gasteiger charge is 2.12. The first-order chi connectivity index (χ1) is 11.0. The van der Waals surface area contributed by atoms with Gasteiger partial charge in [-0.15, -0.1) is 11.3 Å². The van der Waals surface area contributed by atoms with Crippen LogP contribution in [0.1, 0.15) is 27.7 Å². The van der Waals surface area contributed by atoms with Gasteiger partial charge in [-0.25, -0.2) is 9.97 Å². The minimum absolute atomic E-state index is 0.0944. The van der Waals surface area contributed by atoms with Crippen molar-refractivity contribution in [2.75, 3.05) is 5.32 Å². The first kappa shape index (κ1) is 15.4. The average molecular weight is 323 g/mol. The Bertz CT molecular complexity index is 870. The van der Waals surface area contributed by atoms with Gasteiger partial charge in [0.05, 0.1) is 15.4 Å². The van der Waals surface area contributed by atoms with E-state index in [9.17, 15) is 4.79 Å². The van der Waals surface area contributed by atoms with Crippen LogP contribution in [0.3, 0.4) is 0 Å². The zero-order valence-electron chi connectivity index (χ0n) is 13.3. The van der Waals surface area contributed by atoms with E-state index >= 15 is 0 Å². The van der Waals surface area contributed by atoms with E-state index in [0.717, 1.165) is 38.2 Å². The predicted molar refractivity (Wildman–Crippen MR) is 94.5 cm³/mol. The summed E-state index contributed by atoms with van der Waals surface area (Å²) in [7, 11) is 0. The van der Waals surface area contributed by atoms with Gasteiger partial charge in [-0.1, -0.05) is 6.07 Å². The topological polar surface area (TPSA) is 54.9 Å². The maximum atomic E-state index is 11.6. The molecule has 0 fully saturated rings. The van der Waals surface area contributed by atoms with Crippen molar-refractivity contribution in [2.45, 2.75) is 20.8 Å². The molecule has 0 saturated carbocycles. The molecule has 3 aromatic rings. The molecule has 23 heavy (non-hydrogen) atoms. The maximum absolute atomic E-state index is 11.6. The number of nitrogens with zero attached hydrogens (tertiary/aromatic N) is 2. The molecule has 3 aromatic heterocycles. The molecular formula is C18H17N3OS. The van der Waals surface area contributed by atoms with Gasteiger partial charge in [-0.3, -0.25) is 4.79 Å².